The van der Waals surface area contributed by atoms with Crippen molar-refractivity contribution in [3.8, 4) is 11.1 Å². The first-order valence-corrected chi connectivity index (χ1v) is 24.4. The maximum absolute atomic E-state index is 13.6. The minimum absolute atomic E-state index is 0.0173. The second-order valence-electron chi connectivity index (χ2n) is 20.1. The van der Waals surface area contributed by atoms with E-state index < -0.39 is 78.7 Å². The molecule has 1 heterocycles. The molecule has 18 nitrogen and oxygen atoms in total. The van der Waals surface area contributed by atoms with E-state index in [1.807, 2.05) is 32.9 Å². The van der Waals surface area contributed by atoms with Crippen LogP contribution in [0.2, 0.25) is 0 Å². The Hall–Kier alpha value is -4.92. The highest BCUT2D eigenvalue weighted by Crippen LogP contribution is 2.65. The molecule has 2 unspecified atom stereocenters. The lowest BCUT2D eigenvalue weighted by atomic mass is 9.43. The second kappa shape index (κ2) is 24.1. The number of carbonyl (C=O) groups is 6. The van der Waals surface area contributed by atoms with Crippen LogP contribution in [-0.4, -0.2) is 109 Å². The molecule has 1 aliphatic heterocycles. The lowest BCUT2D eigenvalue weighted by Gasteiger charge is -2.64. The molecule has 19 heteroatoms. The zero-order valence-electron chi connectivity index (χ0n) is 40.9. The fourth-order valence-electron chi connectivity index (χ4n) is 9.80. The molecule has 374 valence electrons. The Morgan fingerprint density at radius 2 is 1.44 bits per heavy atom. The Labute approximate surface area is 401 Å². The maximum Gasteiger partial charge on any atom is 0.497 e. The Bertz CT molecular complexity index is 2060. The van der Waals surface area contributed by atoms with Gasteiger partial charge < -0.3 is 63.5 Å². The first-order chi connectivity index (χ1) is 32.2. The Balaban J connectivity index is 1.10. The smallest absolute Gasteiger partial charge is 0.403 e. The minimum Gasteiger partial charge on any atom is -0.403 e. The van der Waals surface area contributed by atoms with Crippen molar-refractivity contribution in [2.24, 2.45) is 40.4 Å². The van der Waals surface area contributed by atoms with Gasteiger partial charge in [-0.15, -0.1) is 0 Å². The zero-order chi connectivity index (χ0) is 49.9. The maximum atomic E-state index is 13.6. The minimum atomic E-state index is -1.70. The molecular weight excluding hydrogens is 869 g/mol. The fraction of sp³-hybridized carbons (Fsp3) is 0.633. The molecule has 4 aliphatic rings. The van der Waals surface area contributed by atoms with Crippen LogP contribution in [0.25, 0.3) is 11.1 Å². The third-order valence-corrected chi connectivity index (χ3v) is 14.0. The SMILES string of the molecule is CCCCc1ccc(-c2ccc(C(=O)NCCC(=O)N[C@@H](CCCCN)C(=O)N[C@H](C(=O)N[C@@H](N)C(=O)N[C@@H](CC(C)C)C(=O)N[C@@H](N)B3OC4C[C@@H]5C[C@@H](C5(C)C)[C@]4(C)O3)C(C)O)cc2)cc1. The topological polar surface area (TPSA) is 291 Å². The number of carbonyl (C=O) groups excluding carboxylic acids is 6. The van der Waals surface area contributed by atoms with Gasteiger partial charge in [0.2, 0.25) is 23.6 Å². The van der Waals surface area contributed by atoms with Crippen molar-refractivity contribution in [1.82, 2.24) is 31.9 Å². The van der Waals surface area contributed by atoms with Crippen molar-refractivity contribution >= 4 is 42.6 Å². The highest BCUT2D eigenvalue weighted by Gasteiger charge is 2.68. The van der Waals surface area contributed by atoms with Crippen molar-refractivity contribution in [2.75, 3.05) is 13.1 Å². The summed E-state index contributed by atoms with van der Waals surface area (Å²) in [5, 5.41) is 26.1. The van der Waals surface area contributed by atoms with Gasteiger partial charge >= 0.3 is 7.12 Å². The lowest BCUT2D eigenvalue weighted by Crippen LogP contribution is -2.65. The van der Waals surface area contributed by atoms with Crippen LogP contribution in [0.3, 0.4) is 0 Å². The molecule has 2 aromatic rings. The Morgan fingerprint density at radius 1 is 0.794 bits per heavy atom. The van der Waals surface area contributed by atoms with E-state index in [0.717, 1.165) is 43.2 Å². The molecule has 6 amide bonds. The van der Waals surface area contributed by atoms with Crippen LogP contribution in [0.5, 0.6) is 0 Å². The predicted octanol–water partition coefficient (Wildman–Crippen LogP) is 1.90. The molecular formula is C49H76BN9O9. The summed E-state index contributed by atoms with van der Waals surface area (Å²) in [5.74, 6) is -3.41. The van der Waals surface area contributed by atoms with E-state index in [0.29, 0.717) is 36.8 Å². The van der Waals surface area contributed by atoms with Gasteiger partial charge in [-0.2, -0.15) is 0 Å². The number of unbranched alkanes of at least 4 members (excludes halogenated alkanes) is 2. The van der Waals surface area contributed by atoms with E-state index in [4.69, 9.17) is 26.5 Å². The molecule has 68 heavy (non-hydrogen) atoms. The molecule has 3 saturated carbocycles. The molecule has 6 rings (SSSR count). The molecule has 2 aromatic carbocycles. The van der Waals surface area contributed by atoms with Gasteiger partial charge in [-0.3, -0.25) is 28.8 Å². The number of nitrogens with one attached hydrogen (secondary N) is 6. The van der Waals surface area contributed by atoms with E-state index in [9.17, 15) is 33.9 Å². The first kappa shape index (κ1) is 54.0. The summed E-state index contributed by atoms with van der Waals surface area (Å²) >= 11 is 0. The lowest BCUT2D eigenvalue weighted by molar-refractivity contribution is -0.199. The summed E-state index contributed by atoms with van der Waals surface area (Å²) in [6.45, 7) is 14.0. The van der Waals surface area contributed by atoms with Crippen LogP contribution in [0.1, 0.15) is 122 Å². The van der Waals surface area contributed by atoms with Crippen molar-refractivity contribution in [2.45, 2.75) is 161 Å². The molecule has 0 radical (unpaired) electrons. The third kappa shape index (κ3) is 13.7. The average molecular weight is 946 g/mol. The standard InChI is InChI=1S/C49H76BN9O9/c1-8-9-12-30-14-16-31(17-15-30)32-18-20-33(21-19-32)42(62)54-24-22-39(61)55-35(13-10-11-23-51)43(63)57-40(29(4)60)45(65)58-41(52)46(66)56-36(25-28(2)3)44(64)59-47(53)50-67-38-27-34-26-37(48(34,5)6)49(38,7)68-50/h14-21,28-29,34-38,40-41,47,60H,8-13,22-27,51-53H2,1-7H3,(H,54,62)(H,55,61)(H,56,66)(H,57,63)(H,58,65)(H,59,64)/t29?,34-,35-,36-,37-,38?,40-,41+,47+,49-/m0/s1. The number of benzene rings is 2. The zero-order valence-corrected chi connectivity index (χ0v) is 40.9. The summed E-state index contributed by atoms with van der Waals surface area (Å²) in [4.78, 5) is 80.1. The van der Waals surface area contributed by atoms with E-state index >= 15 is 0 Å². The van der Waals surface area contributed by atoms with Gasteiger partial charge in [0.1, 0.15) is 24.2 Å². The number of aliphatic hydroxyl groups excluding tert-OH is 1. The normalized spacial score (nSPS) is 22.8. The largest absolute Gasteiger partial charge is 0.497 e. The van der Waals surface area contributed by atoms with E-state index in [1.165, 1.54) is 12.5 Å². The highest BCUT2D eigenvalue weighted by molar-refractivity contribution is 6.47. The van der Waals surface area contributed by atoms with Crippen LogP contribution in [0, 0.1) is 23.2 Å². The van der Waals surface area contributed by atoms with Crippen molar-refractivity contribution in [3.05, 3.63) is 59.7 Å². The quantitative estimate of drug-likeness (QED) is 0.0388. The molecule has 0 spiro atoms. The third-order valence-electron chi connectivity index (χ3n) is 14.0. The van der Waals surface area contributed by atoms with E-state index in [1.54, 1.807) is 12.1 Å². The molecule has 3 aliphatic carbocycles. The van der Waals surface area contributed by atoms with Crippen molar-refractivity contribution in [1.29, 1.82) is 0 Å². The molecule has 1 saturated heterocycles. The fourth-order valence-corrected chi connectivity index (χ4v) is 9.80. The van der Waals surface area contributed by atoms with Crippen molar-refractivity contribution in [3.63, 3.8) is 0 Å². The van der Waals surface area contributed by atoms with Crippen molar-refractivity contribution < 1.29 is 43.2 Å². The van der Waals surface area contributed by atoms with Crippen LogP contribution < -0.4 is 49.1 Å². The average Bonchev–Trinajstić information content (AvgIpc) is 3.67. The molecule has 0 aromatic heterocycles. The van der Waals surface area contributed by atoms with Crippen LogP contribution in [-0.2, 0) is 39.7 Å². The number of nitrogens with two attached hydrogens (primary N) is 3. The summed E-state index contributed by atoms with van der Waals surface area (Å²) in [6.07, 6.45) is 3.10. The Kier molecular flexibility index (Phi) is 19.1. The van der Waals surface area contributed by atoms with Crippen LogP contribution in [0.4, 0.5) is 0 Å². The van der Waals surface area contributed by atoms with Gasteiger partial charge in [0.15, 0.2) is 6.17 Å². The van der Waals surface area contributed by atoms with Gasteiger partial charge in [-0.1, -0.05) is 77.4 Å². The number of aliphatic hydroxyl groups is 1. The molecule has 10 atom stereocenters. The van der Waals surface area contributed by atoms with Gasteiger partial charge in [0, 0.05) is 18.5 Å². The van der Waals surface area contributed by atoms with E-state index in [2.05, 4.69) is 76.9 Å². The van der Waals surface area contributed by atoms with Crippen LogP contribution >= 0.6 is 0 Å². The first-order valence-electron chi connectivity index (χ1n) is 24.4. The molecule has 13 N–H and O–H groups in total. The van der Waals surface area contributed by atoms with Gasteiger partial charge in [-0.25, -0.2) is 0 Å². The highest BCUT2D eigenvalue weighted by atomic mass is 16.7. The number of hydrogen-bond acceptors (Lipinski definition) is 12. The van der Waals surface area contributed by atoms with Gasteiger partial charge in [0.25, 0.3) is 11.8 Å². The predicted molar refractivity (Wildman–Crippen MR) is 260 cm³/mol. The molecule has 2 bridgehead atoms. The summed E-state index contributed by atoms with van der Waals surface area (Å²) in [5.41, 5.74) is 21.5. The molecule has 4 fully saturated rings. The van der Waals surface area contributed by atoms with Crippen LogP contribution in [0.15, 0.2) is 48.5 Å². The van der Waals surface area contributed by atoms with E-state index in [-0.39, 0.29) is 49.2 Å². The summed E-state index contributed by atoms with van der Waals surface area (Å²) in [7, 11) is -0.894. The number of hydrogen-bond donors (Lipinski definition) is 10. The second-order valence-corrected chi connectivity index (χ2v) is 20.1. The number of aryl methyl sites for hydroxylation is 1. The number of rotatable bonds is 25. The van der Waals surface area contributed by atoms with Gasteiger partial charge in [0.05, 0.1) is 17.8 Å². The monoisotopic (exact) mass is 946 g/mol. The summed E-state index contributed by atoms with van der Waals surface area (Å²) < 4.78 is 12.6. The number of amides is 6. The van der Waals surface area contributed by atoms with Gasteiger partial charge in [-0.05, 0) is 124 Å². The Morgan fingerprint density at radius 3 is 2.04 bits per heavy atom. The summed E-state index contributed by atoms with van der Waals surface area (Å²) in [6, 6.07) is 10.7.